The molecule has 0 saturated carbocycles. The molecule has 0 aliphatic heterocycles. The number of nitrogens with one attached hydrogen (secondary N) is 2. The van der Waals surface area contributed by atoms with E-state index < -0.39 is 11.7 Å². The number of aryl methyl sites for hydroxylation is 1. The largest absolute Gasteiger partial charge is 0.448 e. The maximum atomic E-state index is 14.2. The second-order valence-electron chi connectivity index (χ2n) is 5.29. The number of benzene rings is 1. The van der Waals surface area contributed by atoms with Gasteiger partial charge >= 0.3 is 5.91 Å². The number of fused-ring (bicyclic) bond motifs is 1. The van der Waals surface area contributed by atoms with Crippen LogP contribution in [0.15, 0.2) is 41.1 Å². The van der Waals surface area contributed by atoms with Crippen LogP contribution in [-0.2, 0) is 4.84 Å². The van der Waals surface area contributed by atoms with Crippen LogP contribution in [0.1, 0.15) is 16.1 Å². The van der Waals surface area contributed by atoms with Crippen molar-refractivity contribution in [3.05, 3.63) is 53.8 Å². The Morgan fingerprint density at radius 1 is 1.40 bits per heavy atom. The minimum atomic E-state index is -0.667. The first-order chi connectivity index (χ1) is 12.1. The number of aromatic nitrogens is 1. The number of pyridine rings is 1. The molecular weight excluding hydrogens is 329 g/mol. The first-order valence-corrected chi connectivity index (χ1v) is 7.53. The third kappa shape index (κ3) is 3.59. The zero-order chi connectivity index (χ0) is 17.8. The Morgan fingerprint density at radius 3 is 3.00 bits per heavy atom. The van der Waals surface area contributed by atoms with Gasteiger partial charge in [0.2, 0.25) is 5.76 Å². The van der Waals surface area contributed by atoms with Gasteiger partial charge in [0.25, 0.3) is 0 Å². The summed E-state index contributed by atoms with van der Waals surface area (Å²) >= 11 is 0. The molecule has 1 amide bonds. The molecule has 3 rings (SSSR count). The average molecular weight is 345 g/mol. The van der Waals surface area contributed by atoms with Crippen LogP contribution in [0.5, 0.6) is 0 Å². The van der Waals surface area contributed by atoms with Gasteiger partial charge in [-0.15, -0.1) is 0 Å². The summed E-state index contributed by atoms with van der Waals surface area (Å²) < 4.78 is 19.7. The summed E-state index contributed by atoms with van der Waals surface area (Å²) in [4.78, 5) is 21.1. The van der Waals surface area contributed by atoms with Crippen LogP contribution in [-0.4, -0.2) is 29.2 Å². The minimum Gasteiger partial charge on any atom is -0.448 e. The van der Waals surface area contributed by atoms with Gasteiger partial charge < -0.3 is 14.8 Å². The van der Waals surface area contributed by atoms with Crippen LogP contribution in [0.3, 0.4) is 0 Å². The predicted molar refractivity (Wildman–Crippen MR) is 88.9 cm³/mol. The van der Waals surface area contributed by atoms with Gasteiger partial charge in [-0.3, -0.25) is 14.6 Å². The molecule has 0 aliphatic rings. The van der Waals surface area contributed by atoms with Crippen LogP contribution in [0.4, 0.5) is 15.8 Å². The molecule has 3 N–H and O–H groups in total. The Morgan fingerprint density at radius 2 is 2.24 bits per heavy atom. The Labute approximate surface area is 142 Å². The Hall–Kier alpha value is -2.97. The molecule has 2 aromatic heterocycles. The second kappa shape index (κ2) is 7.29. The van der Waals surface area contributed by atoms with Crippen LogP contribution in [0, 0.1) is 12.7 Å². The van der Waals surface area contributed by atoms with Crippen molar-refractivity contribution < 1.29 is 23.5 Å². The quantitative estimate of drug-likeness (QED) is 0.469. The van der Waals surface area contributed by atoms with E-state index in [9.17, 15) is 9.18 Å². The lowest BCUT2D eigenvalue weighted by Gasteiger charge is -2.09. The number of hydrogen-bond donors (Lipinski definition) is 3. The highest BCUT2D eigenvalue weighted by Gasteiger charge is 2.22. The predicted octanol–water partition coefficient (Wildman–Crippen LogP) is 2.67. The molecule has 0 saturated heterocycles. The first kappa shape index (κ1) is 16.9. The van der Waals surface area contributed by atoms with Gasteiger partial charge in [-0.2, -0.15) is 0 Å². The van der Waals surface area contributed by atoms with Crippen molar-refractivity contribution in [1.82, 2.24) is 10.5 Å². The summed E-state index contributed by atoms with van der Waals surface area (Å²) in [6, 6.07) is 6.30. The van der Waals surface area contributed by atoms with Gasteiger partial charge in [-0.25, -0.2) is 9.87 Å². The first-order valence-electron chi connectivity index (χ1n) is 7.53. The lowest BCUT2D eigenvalue weighted by molar-refractivity contribution is 0.0152. The molecule has 130 valence electrons. The number of carbonyl (C=O) groups excluding carboxylic acids is 1. The van der Waals surface area contributed by atoms with Crippen molar-refractivity contribution in [1.29, 1.82) is 0 Å². The highest BCUT2D eigenvalue weighted by Crippen LogP contribution is 2.33. The SMILES string of the molecule is Cc1ccc(Nc2c(C(=O)NOCCO)oc3ccncc23)c(F)c1. The van der Waals surface area contributed by atoms with Crippen LogP contribution in [0.2, 0.25) is 0 Å². The minimum absolute atomic E-state index is 0.0666. The fraction of sp³-hybridized carbons (Fsp3) is 0.176. The van der Waals surface area contributed by atoms with E-state index in [4.69, 9.17) is 14.4 Å². The molecule has 8 heteroatoms. The van der Waals surface area contributed by atoms with E-state index >= 15 is 0 Å². The molecule has 2 heterocycles. The highest BCUT2D eigenvalue weighted by molar-refractivity contribution is 6.06. The number of aliphatic hydroxyl groups is 1. The van der Waals surface area contributed by atoms with E-state index in [1.807, 2.05) is 0 Å². The smallest absolute Gasteiger partial charge is 0.312 e. The lowest BCUT2D eigenvalue weighted by Crippen LogP contribution is -2.25. The maximum absolute atomic E-state index is 14.2. The van der Waals surface area contributed by atoms with Gasteiger partial charge in [-0.1, -0.05) is 6.07 Å². The van der Waals surface area contributed by atoms with Crippen molar-refractivity contribution in [3.63, 3.8) is 0 Å². The van der Waals surface area contributed by atoms with Gasteiger partial charge in [0.15, 0.2) is 0 Å². The molecule has 0 fully saturated rings. The molecule has 3 aromatic rings. The lowest BCUT2D eigenvalue weighted by atomic mass is 10.2. The van der Waals surface area contributed by atoms with Gasteiger partial charge in [0.1, 0.15) is 17.1 Å². The van der Waals surface area contributed by atoms with Crippen molar-refractivity contribution in [3.8, 4) is 0 Å². The van der Waals surface area contributed by atoms with E-state index in [-0.39, 0.29) is 30.3 Å². The number of amides is 1. The van der Waals surface area contributed by atoms with E-state index in [0.29, 0.717) is 11.0 Å². The zero-order valence-electron chi connectivity index (χ0n) is 13.4. The van der Waals surface area contributed by atoms with Crippen LogP contribution >= 0.6 is 0 Å². The molecule has 7 nitrogen and oxygen atoms in total. The number of hydrogen-bond acceptors (Lipinski definition) is 6. The molecule has 0 radical (unpaired) electrons. The summed E-state index contributed by atoms with van der Waals surface area (Å²) in [6.45, 7) is 1.47. The summed E-state index contributed by atoms with van der Waals surface area (Å²) in [7, 11) is 0. The van der Waals surface area contributed by atoms with Crippen LogP contribution in [0.25, 0.3) is 11.0 Å². The van der Waals surface area contributed by atoms with Gasteiger partial charge in [0, 0.05) is 12.4 Å². The summed E-state index contributed by atoms with van der Waals surface area (Å²) in [5, 5.41) is 12.1. The number of carbonyl (C=O) groups is 1. The highest BCUT2D eigenvalue weighted by atomic mass is 19.1. The number of aliphatic hydroxyl groups excluding tert-OH is 1. The van der Waals surface area contributed by atoms with Crippen molar-refractivity contribution in [2.45, 2.75) is 6.92 Å². The number of halogens is 1. The molecule has 0 atom stereocenters. The van der Waals surface area contributed by atoms with E-state index in [1.54, 1.807) is 25.1 Å². The van der Waals surface area contributed by atoms with E-state index in [2.05, 4.69) is 15.8 Å². The van der Waals surface area contributed by atoms with Crippen molar-refractivity contribution in [2.24, 2.45) is 0 Å². The third-order valence-electron chi connectivity index (χ3n) is 3.44. The molecular formula is C17H16FN3O4. The van der Waals surface area contributed by atoms with Crippen molar-refractivity contribution >= 4 is 28.3 Å². The average Bonchev–Trinajstić information content (AvgIpc) is 2.96. The normalized spacial score (nSPS) is 10.8. The summed E-state index contributed by atoms with van der Waals surface area (Å²) in [5.74, 6) is -1.21. The molecule has 25 heavy (non-hydrogen) atoms. The molecule has 1 aromatic carbocycles. The Kier molecular flexibility index (Phi) is 4.92. The van der Waals surface area contributed by atoms with E-state index in [0.717, 1.165) is 5.56 Å². The fourth-order valence-corrected chi connectivity index (χ4v) is 2.29. The molecule has 0 unspecified atom stereocenters. The number of rotatable bonds is 6. The Balaban J connectivity index is 1.99. The third-order valence-corrected chi connectivity index (χ3v) is 3.44. The Bertz CT molecular complexity index is 910. The summed E-state index contributed by atoms with van der Waals surface area (Å²) in [5.41, 5.74) is 3.82. The maximum Gasteiger partial charge on any atom is 0.312 e. The topological polar surface area (TPSA) is 96.6 Å². The molecule has 0 spiro atoms. The number of hydroxylamine groups is 1. The van der Waals surface area contributed by atoms with Crippen LogP contribution < -0.4 is 10.8 Å². The second-order valence-corrected chi connectivity index (χ2v) is 5.29. The van der Waals surface area contributed by atoms with Crippen molar-refractivity contribution in [2.75, 3.05) is 18.5 Å². The summed E-state index contributed by atoms with van der Waals surface area (Å²) in [6.07, 6.45) is 3.03. The zero-order valence-corrected chi connectivity index (χ0v) is 13.4. The monoisotopic (exact) mass is 345 g/mol. The van der Waals surface area contributed by atoms with Gasteiger partial charge in [0.05, 0.1) is 24.3 Å². The number of furan rings is 1. The number of nitrogens with zero attached hydrogens (tertiary/aromatic N) is 1. The molecule has 0 bridgehead atoms. The van der Waals surface area contributed by atoms with Gasteiger partial charge in [-0.05, 0) is 30.7 Å². The molecule has 0 aliphatic carbocycles. The fourth-order valence-electron chi connectivity index (χ4n) is 2.29. The van der Waals surface area contributed by atoms with E-state index in [1.165, 1.54) is 18.5 Å². The standard InChI is InChI=1S/C17H16FN3O4/c1-10-2-3-13(12(18)8-10)20-15-11-9-19-5-4-14(11)25-16(15)17(23)21-24-7-6-22/h2-5,8-9,20,22H,6-7H2,1H3,(H,21,23). The number of anilines is 2.